The first kappa shape index (κ1) is 44.3. The Morgan fingerprint density at radius 2 is 1.84 bits per heavy atom. The zero-order chi connectivity index (χ0) is 44.8. The minimum absolute atomic E-state index is 0.00238. The fourth-order valence-electron chi connectivity index (χ4n) is 9.92. The number of fused-ring (bicyclic) bond motifs is 6. The highest BCUT2D eigenvalue weighted by molar-refractivity contribution is 5.95. The van der Waals surface area contributed by atoms with Crippen LogP contribution in [0.1, 0.15) is 76.8 Å². The first-order valence-electron chi connectivity index (χ1n) is 22.2. The van der Waals surface area contributed by atoms with Gasteiger partial charge in [0.25, 0.3) is 5.91 Å². The number of pyridine rings is 1. The average molecular weight is 864 g/mol. The second-order valence-corrected chi connectivity index (χ2v) is 19.0. The number of aromatic hydroxyl groups is 1. The molecule has 2 aromatic carbocycles. The van der Waals surface area contributed by atoms with Crippen LogP contribution in [0.3, 0.4) is 0 Å². The maximum Gasteiger partial charge on any atom is 0.324 e. The molecule has 6 bridgehead atoms. The van der Waals surface area contributed by atoms with Crippen LogP contribution in [-0.2, 0) is 46.2 Å². The third-order valence-corrected chi connectivity index (χ3v) is 13.4. The molecule has 0 aliphatic carbocycles. The number of methoxy groups -OCH3 is 1. The van der Waals surface area contributed by atoms with Crippen molar-refractivity contribution in [3.63, 3.8) is 0 Å². The van der Waals surface area contributed by atoms with Gasteiger partial charge in [0.05, 0.1) is 48.8 Å². The zero-order valence-corrected chi connectivity index (χ0v) is 37.4. The molecule has 4 aromatic rings. The smallest absolute Gasteiger partial charge is 0.324 e. The molecule has 1 unspecified atom stereocenters. The summed E-state index contributed by atoms with van der Waals surface area (Å²) in [7, 11) is 3.31. The maximum absolute atomic E-state index is 14.7. The van der Waals surface area contributed by atoms with Crippen LogP contribution in [0.2, 0.25) is 0 Å². The maximum atomic E-state index is 14.7. The van der Waals surface area contributed by atoms with Gasteiger partial charge in [-0.1, -0.05) is 39.8 Å². The SMILES string of the molecule is CO[C@@H](C)c1ncccc1-c1[nH]c2ccc3cc2c1CC(C)(C)COC(=O)[C@@H]1CCCN(N1)C(=O)[C@@H](NC(=O)[C@H](C(C)C)N(C)C(=O)C1CCNC12COC2)Cc1cc(O)cc-3c1. The molecule has 2 aromatic heterocycles. The van der Waals surface area contributed by atoms with Crippen LogP contribution in [0.4, 0.5) is 0 Å². The van der Waals surface area contributed by atoms with Crippen molar-refractivity contribution in [2.24, 2.45) is 17.3 Å². The summed E-state index contributed by atoms with van der Waals surface area (Å²) in [6, 6.07) is 12.4. The van der Waals surface area contributed by atoms with E-state index in [0.29, 0.717) is 57.6 Å². The highest BCUT2D eigenvalue weighted by atomic mass is 16.5. The number of hydrogen-bond acceptors (Lipinski definition) is 11. The van der Waals surface area contributed by atoms with Gasteiger partial charge in [0.1, 0.15) is 23.9 Å². The van der Waals surface area contributed by atoms with Crippen molar-refractivity contribution >= 4 is 34.6 Å². The average Bonchev–Trinajstić information content (AvgIpc) is 3.86. The Bertz CT molecular complexity index is 2390. The van der Waals surface area contributed by atoms with Gasteiger partial charge >= 0.3 is 5.97 Å². The third kappa shape index (κ3) is 8.80. The molecule has 6 heterocycles. The number of amides is 3. The van der Waals surface area contributed by atoms with E-state index >= 15 is 0 Å². The number of carbonyl (C=O) groups excluding carboxylic acids is 4. The fourth-order valence-corrected chi connectivity index (χ4v) is 9.92. The third-order valence-electron chi connectivity index (χ3n) is 13.4. The largest absolute Gasteiger partial charge is 0.508 e. The molecule has 3 saturated heterocycles. The van der Waals surface area contributed by atoms with E-state index < -0.39 is 46.9 Å². The Hall–Kier alpha value is -5.35. The normalized spacial score (nSPS) is 23.2. The van der Waals surface area contributed by atoms with E-state index in [1.165, 1.54) is 9.91 Å². The quantitative estimate of drug-likeness (QED) is 0.153. The topological polar surface area (TPSA) is 187 Å². The number of cyclic esters (lactones) is 1. The Balaban J connectivity index is 1.18. The predicted molar refractivity (Wildman–Crippen MR) is 237 cm³/mol. The van der Waals surface area contributed by atoms with E-state index in [-0.39, 0.29) is 42.6 Å². The second kappa shape index (κ2) is 17.7. The minimum atomic E-state index is -1.12. The first-order valence-corrected chi connectivity index (χ1v) is 22.2. The minimum Gasteiger partial charge on any atom is -0.508 e. The number of aromatic amines is 1. The summed E-state index contributed by atoms with van der Waals surface area (Å²) in [5.74, 6) is -2.16. The number of ether oxygens (including phenoxy) is 3. The number of hydrazine groups is 1. The number of likely N-dealkylation sites (N-methyl/N-ethyl adjacent to an activating group) is 1. The standard InChI is InChI=1S/C48H61N7O8/c1-27(2)42(54(6)44(58)36-14-16-50-48(36)25-62-26-48)43(57)52-39-20-29-18-31(21-32(56)19-29)30-12-13-37-34(22-30)35(41(51-37)33-10-8-15-49-40(33)28(3)61-7)23-47(4,5)24-63-46(60)38-11-9-17-55(53-38)45(39)59/h8,10,12-13,15,18-19,21-22,27-28,36,38-39,42,50-51,53,56H,9,11,14,16-17,20,23-26H2,1-7H3,(H,52,57)/t28-,36?,38-,39-,42-/m0/s1. The highest BCUT2D eigenvalue weighted by Crippen LogP contribution is 2.40. The van der Waals surface area contributed by atoms with Crippen molar-refractivity contribution in [1.29, 1.82) is 0 Å². The first-order chi connectivity index (χ1) is 30.1. The Morgan fingerprint density at radius 1 is 1.05 bits per heavy atom. The van der Waals surface area contributed by atoms with E-state index in [9.17, 15) is 24.3 Å². The van der Waals surface area contributed by atoms with Crippen molar-refractivity contribution < 1.29 is 38.5 Å². The van der Waals surface area contributed by atoms with Crippen molar-refractivity contribution in [2.75, 3.05) is 47.1 Å². The highest BCUT2D eigenvalue weighted by Gasteiger charge is 2.53. The number of hydrogen-bond donors (Lipinski definition) is 5. The summed E-state index contributed by atoms with van der Waals surface area (Å²) < 4.78 is 17.3. The molecule has 0 radical (unpaired) electrons. The summed E-state index contributed by atoms with van der Waals surface area (Å²) >= 11 is 0. The van der Waals surface area contributed by atoms with Gasteiger partial charge in [-0.05, 0) is 104 Å². The number of nitrogens with zero attached hydrogens (tertiary/aromatic N) is 3. The van der Waals surface area contributed by atoms with E-state index in [1.54, 1.807) is 32.5 Å². The summed E-state index contributed by atoms with van der Waals surface area (Å²) in [6.07, 6.45) is 3.66. The molecular formula is C48H61N7O8. The lowest BCUT2D eigenvalue weighted by Crippen LogP contribution is -2.65. The molecule has 8 rings (SSSR count). The van der Waals surface area contributed by atoms with E-state index in [0.717, 1.165) is 44.5 Å². The van der Waals surface area contributed by atoms with E-state index in [2.05, 4.69) is 41.0 Å². The number of carbonyl (C=O) groups is 4. The number of phenolic OH excluding ortho intramolecular Hbond substituents is 1. The molecular weight excluding hydrogens is 803 g/mol. The van der Waals surface area contributed by atoms with E-state index in [1.807, 2.05) is 51.1 Å². The molecule has 1 spiro atoms. The molecule has 63 heavy (non-hydrogen) atoms. The fraction of sp³-hybridized carbons (Fsp3) is 0.521. The van der Waals surface area contributed by atoms with Gasteiger partial charge < -0.3 is 39.8 Å². The number of nitrogens with one attached hydrogen (secondary N) is 4. The summed E-state index contributed by atoms with van der Waals surface area (Å²) in [5, 5.41) is 20.1. The molecule has 3 fully saturated rings. The summed E-state index contributed by atoms with van der Waals surface area (Å²) in [4.78, 5) is 67.0. The van der Waals surface area contributed by atoms with Crippen LogP contribution in [0, 0.1) is 17.3 Å². The molecule has 15 heteroatoms. The van der Waals surface area contributed by atoms with Gasteiger partial charge in [-0.2, -0.15) is 0 Å². The van der Waals surface area contributed by atoms with Gasteiger partial charge in [-0.3, -0.25) is 29.2 Å². The van der Waals surface area contributed by atoms with Crippen LogP contribution >= 0.6 is 0 Å². The van der Waals surface area contributed by atoms with Crippen molar-refractivity contribution in [3.8, 4) is 28.1 Å². The van der Waals surface area contributed by atoms with Gasteiger partial charge in [0.2, 0.25) is 11.8 Å². The number of esters is 1. The summed E-state index contributed by atoms with van der Waals surface area (Å²) in [5.41, 5.74) is 8.83. The van der Waals surface area contributed by atoms with Crippen molar-refractivity contribution in [3.05, 3.63) is 71.5 Å². The summed E-state index contributed by atoms with van der Waals surface area (Å²) in [6.45, 7) is 11.8. The number of H-pyrrole nitrogens is 1. The molecule has 5 atom stereocenters. The van der Waals surface area contributed by atoms with Gasteiger partial charge in [-0.25, -0.2) is 5.43 Å². The van der Waals surface area contributed by atoms with E-state index in [4.69, 9.17) is 19.2 Å². The number of aromatic nitrogens is 2. The lowest BCUT2D eigenvalue weighted by atomic mass is 9.82. The molecule has 3 amide bonds. The predicted octanol–water partition coefficient (Wildman–Crippen LogP) is 4.82. The second-order valence-electron chi connectivity index (χ2n) is 19.0. The zero-order valence-electron chi connectivity index (χ0n) is 37.4. The van der Waals surface area contributed by atoms with Crippen LogP contribution < -0.4 is 16.1 Å². The van der Waals surface area contributed by atoms with Crippen LogP contribution in [0.15, 0.2) is 54.7 Å². The van der Waals surface area contributed by atoms with Gasteiger partial charge in [0, 0.05) is 55.2 Å². The van der Waals surface area contributed by atoms with Crippen molar-refractivity contribution in [2.45, 2.75) is 96.5 Å². The number of benzene rings is 2. The molecule has 336 valence electrons. The lowest BCUT2D eigenvalue weighted by Gasteiger charge is -2.44. The lowest BCUT2D eigenvalue weighted by molar-refractivity contribution is -0.156. The monoisotopic (exact) mass is 863 g/mol. The Labute approximate surface area is 368 Å². The Kier molecular flexibility index (Phi) is 12.4. The molecule has 5 N–H and O–H groups in total. The van der Waals surface area contributed by atoms with Crippen LogP contribution in [-0.4, -0.2) is 119 Å². The molecule has 0 saturated carbocycles. The van der Waals surface area contributed by atoms with Crippen molar-refractivity contribution in [1.82, 2.24) is 35.9 Å². The van der Waals surface area contributed by atoms with Gasteiger partial charge in [-0.15, -0.1) is 0 Å². The molecule has 4 aliphatic rings. The van der Waals surface area contributed by atoms with Gasteiger partial charge in [0.15, 0.2) is 0 Å². The van der Waals surface area contributed by atoms with Crippen LogP contribution in [0.25, 0.3) is 33.3 Å². The molecule has 4 aliphatic heterocycles. The van der Waals surface area contributed by atoms with Crippen LogP contribution in [0.5, 0.6) is 5.75 Å². The Morgan fingerprint density at radius 3 is 2.57 bits per heavy atom. The number of phenols is 1. The number of rotatable bonds is 8. The molecule has 15 nitrogen and oxygen atoms in total.